The molecule has 1 aromatic heterocycles. The molecule has 43 heavy (non-hydrogen) atoms. The van der Waals surface area contributed by atoms with Gasteiger partial charge < -0.3 is 14.8 Å². The van der Waals surface area contributed by atoms with Crippen LogP contribution in [0.25, 0.3) is 0 Å². The quantitative estimate of drug-likeness (QED) is 0.0829. The number of aromatic nitrogens is 2. The number of nitrogens with zero attached hydrogens (tertiary/aromatic N) is 3. The number of quaternary nitrogens is 1. The smallest absolute Gasteiger partial charge is 0.273 e. The van der Waals surface area contributed by atoms with Crippen LogP contribution in [0.3, 0.4) is 0 Å². The van der Waals surface area contributed by atoms with E-state index in [0.29, 0.717) is 27.8 Å². The Morgan fingerprint density at radius 2 is 1.72 bits per heavy atom. The van der Waals surface area contributed by atoms with Crippen LogP contribution < -0.4 is 20.2 Å². The Labute approximate surface area is 269 Å². The zero-order valence-electron chi connectivity index (χ0n) is 27.0. The van der Waals surface area contributed by atoms with E-state index < -0.39 is 4.16 Å². The average Bonchev–Trinajstić information content (AvgIpc) is 2.96. The zero-order chi connectivity index (χ0) is 32.6. The van der Waals surface area contributed by atoms with Gasteiger partial charge in [0.25, 0.3) is 5.95 Å². The molecule has 8 nitrogen and oxygen atoms in total. The molecule has 0 bridgehead atoms. The lowest BCUT2D eigenvalue weighted by Crippen LogP contribution is -2.50. The van der Waals surface area contributed by atoms with Crippen molar-refractivity contribution in [3.05, 3.63) is 76.1 Å². The summed E-state index contributed by atoms with van der Waals surface area (Å²) in [6, 6.07) is 13.5. The van der Waals surface area contributed by atoms with Gasteiger partial charge in [0.05, 0.1) is 16.3 Å². The van der Waals surface area contributed by atoms with Crippen molar-refractivity contribution in [1.29, 1.82) is 0 Å². The lowest BCUT2D eigenvalue weighted by atomic mass is 9.77. The highest BCUT2D eigenvalue weighted by Crippen LogP contribution is 2.39. The summed E-state index contributed by atoms with van der Waals surface area (Å²) < 4.78 is 11.1. The predicted octanol–water partition coefficient (Wildman–Crippen LogP) is 7.84. The van der Waals surface area contributed by atoms with Crippen molar-refractivity contribution in [2.45, 2.75) is 79.9 Å². The molecule has 4 rings (SSSR count). The minimum atomic E-state index is -0.788. The second-order valence-corrected chi connectivity index (χ2v) is 11.1. The van der Waals surface area contributed by atoms with E-state index in [1.807, 2.05) is 64.1 Å². The van der Waals surface area contributed by atoms with E-state index in [2.05, 4.69) is 67.1 Å². The van der Waals surface area contributed by atoms with Crippen molar-refractivity contribution >= 4 is 30.4 Å². The van der Waals surface area contributed by atoms with Crippen molar-refractivity contribution in [1.82, 2.24) is 15.3 Å². The van der Waals surface area contributed by atoms with Crippen molar-refractivity contribution in [3.8, 4) is 23.8 Å². The Bertz CT molecular complexity index is 1290. The van der Waals surface area contributed by atoms with Gasteiger partial charge in [0.1, 0.15) is 38.3 Å². The van der Waals surface area contributed by atoms with Gasteiger partial charge in [-0.1, -0.05) is 91.5 Å². The summed E-state index contributed by atoms with van der Waals surface area (Å²) >= 11 is 10.6. The van der Waals surface area contributed by atoms with E-state index >= 15 is 0 Å². The van der Waals surface area contributed by atoms with Gasteiger partial charge in [-0.15, -0.1) is 6.42 Å². The highest BCUT2D eigenvalue weighted by molar-refractivity contribution is 7.74. The first-order valence-corrected chi connectivity index (χ1v) is 15.6. The monoisotopic (exact) mass is 630 g/mol. The fourth-order valence-electron chi connectivity index (χ4n) is 3.70. The first-order valence-electron chi connectivity index (χ1n) is 14.8. The maximum atomic E-state index is 9.70. The van der Waals surface area contributed by atoms with Gasteiger partial charge in [0.15, 0.2) is 5.75 Å². The molecule has 0 radical (unpaired) electrons. The molecule has 0 aliphatic carbocycles. The third-order valence-electron chi connectivity index (χ3n) is 5.94. The van der Waals surface area contributed by atoms with Crippen LogP contribution in [-0.4, -0.2) is 45.6 Å². The van der Waals surface area contributed by atoms with Crippen LogP contribution in [0.15, 0.2) is 48.7 Å². The normalized spacial score (nSPS) is 13.6. The Balaban J connectivity index is 0.00000122. The molecule has 2 heterocycles. The summed E-state index contributed by atoms with van der Waals surface area (Å²) in [7, 11) is 1.43. The van der Waals surface area contributed by atoms with Crippen LogP contribution in [-0.2, 0) is 12.0 Å². The highest BCUT2D eigenvalue weighted by atomic mass is 35.5. The van der Waals surface area contributed by atoms with Crippen LogP contribution in [0.2, 0.25) is 5.02 Å². The van der Waals surface area contributed by atoms with Crippen molar-refractivity contribution < 1.29 is 18.8 Å². The predicted molar refractivity (Wildman–Crippen MR) is 181 cm³/mol. The second-order valence-electron chi connectivity index (χ2n) is 9.92. The van der Waals surface area contributed by atoms with Crippen LogP contribution >= 0.6 is 24.4 Å². The molecule has 1 fully saturated rings. The number of halogens is 1. The first kappa shape index (κ1) is 38.0. The molecule has 2 aromatic carbocycles. The summed E-state index contributed by atoms with van der Waals surface area (Å²) in [5.41, 5.74) is 5.64. The van der Waals surface area contributed by atoms with Gasteiger partial charge in [-0.05, 0) is 45.6 Å². The summed E-state index contributed by atoms with van der Waals surface area (Å²) in [6.07, 6.45) is 8.71. The molecular weight excluding hydrogens is 582 g/mol. The molecule has 0 saturated carbocycles. The number of ether oxygens (including phenoxy) is 2. The number of nitrogens with one attached hydrogen (secondary N) is 2. The standard InChI is InChI=1S/C26H29ClN5O3S.C3H8.2C2H6/c1-5-17-12-19(13-23(27)24(17)35-22-14-28-15-22)26(2,3)18-6-8-21(9-7-18)34-16-20-10-11-29-25(30-20)31-32(4,33)36;1-3-2;2*1-2/h1,6-13,22,28,33,36H,14-16H2,2-4H3,(H,29,30,31);3H2,1-2H3;2*1-2H3/q+1;;;. The number of terminal acetylenes is 1. The van der Waals surface area contributed by atoms with Crippen LogP contribution in [0.4, 0.5) is 5.95 Å². The molecule has 3 aromatic rings. The maximum Gasteiger partial charge on any atom is 0.273 e. The molecule has 0 spiro atoms. The Hall–Kier alpha value is -3.00. The lowest BCUT2D eigenvalue weighted by Gasteiger charge is -2.30. The summed E-state index contributed by atoms with van der Waals surface area (Å²) in [6.45, 7) is 18.3. The fourth-order valence-corrected chi connectivity index (χ4v) is 4.06. The molecule has 1 atom stereocenters. The van der Waals surface area contributed by atoms with E-state index in [-0.39, 0.29) is 24.1 Å². The lowest BCUT2D eigenvalue weighted by molar-refractivity contribution is -0.955. The Kier molecular flexibility index (Phi) is 16.5. The van der Waals surface area contributed by atoms with E-state index in [1.165, 1.54) is 13.5 Å². The third-order valence-corrected chi connectivity index (χ3v) is 6.32. The molecule has 10 heteroatoms. The van der Waals surface area contributed by atoms with Gasteiger partial charge in [-0.25, -0.2) is 9.97 Å². The number of thiol groups is 1. The Morgan fingerprint density at radius 1 is 1.12 bits per heavy atom. The van der Waals surface area contributed by atoms with Crippen LogP contribution in [0, 0.1) is 12.3 Å². The van der Waals surface area contributed by atoms with Crippen LogP contribution in [0.1, 0.15) is 84.2 Å². The zero-order valence-corrected chi connectivity index (χ0v) is 28.7. The summed E-state index contributed by atoms with van der Waals surface area (Å²) in [4.78, 5) is 8.37. The largest absolute Gasteiger partial charge is 0.487 e. The van der Waals surface area contributed by atoms with E-state index in [1.54, 1.807) is 12.3 Å². The van der Waals surface area contributed by atoms with E-state index in [4.69, 9.17) is 27.5 Å². The van der Waals surface area contributed by atoms with E-state index in [0.717, 1.165) is 24.2 Å². The molecule has 1 aliphatic heterocycles. The number of hydrogen-bond acceptors (Lipinski definition) is 8. The minimum absolute atomic E-state index is 0.0863. The molecule has 1 unspecified atom stereocenters. The number of benzene rings is 2. The maximum absolute atomic E-state index is 9.70. The van der Waals surface area contributed by atoms with Gasteiger partial charge in [-0.2, -0.15) is 10.6 Å². The Morgan fingerprint density at radius 3 is 2.23 bits per heavy atom. The third kappa shape index (κ3) is 11.9. The molecule has 3 N–H and O–H groups in total. The van der Waals surface area contributed by atoms with Gasteiger partial charge in [0.2, 0.25) is 0 Å². The van der Waals surface area contributed by atoms with Crippen molar-refractivity contribution in [2.24, 2.45) is 0 Å². The number of anilines is 1. The number of hydroxylamine groups is 1. The summed E-state index contributed by atoms with van der Waals surface area (Å²) in [5.74, 6) is 4.22. The highest BCUT2D eigenvalue weighted by Gasteiger charge is 2.27. The van der Waals surface area contributed by atoms with E-state index in [9.17, 15) is 5.21 Å². The first-order chi connectivity index (χ1) is 20.5. The molecular formula is C33H49ClN5O3S+. The molecule has 236 valence electrons. The van der Waals surface area contributed by atoms with Crippen molar-refractivity contribution in [2.75, 3.05) is 25.6 Å². The SMILES string of the molecule is C#Cc1cc(C(C)(C)c2ccc(OCc3ccnc(N[N+](C)(O)S)n3)cc2)cc(Cl)c1OC1CNC1.CC.CC.CCC. The summed E-state index contributed by atoms with van der Waals surface area (Å²) in [5, 5.41) is 13.4. The van der Waals surface area contributed by atoms with Crippen molar-refractivity contribution in [3.63, 3.8) is 0 Å². The van der Waals surface area contributed by atoms with Gasteiger partial charge in [-0.3, -0.25) is 0 Å². The molecule has 0 amide bonds. The topological polar surface area (TPSA) is 88.5 Å². The van der Waals surface area contributed by atoms with Gasteiger partial charge >= 0.3 is 0 Å². The van der Waals surface area contributed by atoms with Crippen LogP contribution in [0.5, 0.6) is 11.5 Å². The molecule has 1 aliphatic rings. The fraction of sp³-hybridized carbons (Fsp3) is 0.455. The minimum Gasteiger partial charge on any atom is -0.487 e. The van der Waals surface area contributed by atoms with Gasteiger partial charge in [0, 0.05) is 24.7 Å². The second kappa shape index (κ2) is 18.6. The number of rotatable bonds is 9. The molecule has 1 saturated heterocycles. The number of hydrogen-bond donors (Lipinski definition) is 4. The average molecular weight is 631 g/mol.